The number of hydrogen-bond donors (Lipinski definition) is 1. The Morgan fingerprint density at radius 2 is 1.60 bits per heavy atom. The van der Waals surface area contributed by atoms with Crippen LogP contribution in [0, 0.1) is 23.3 Å². The highest BCUT2D eigenvalue weighted by Crippen LogP contribution is 2.40. The van der Waals surface area contributed by atoms with E-state index in [2.05, 4.69) is 10.3 Å². The van der Waals surface area contributed by atoms with E-state index in [4.69, 9.17) is 4.74 Å². The number of halogens is 7. The highest BCUT2D eigenvalue weighted by Gasteiger charge is 2.34. The number of fused-ring (bicyclic) bond motifs is 1. The van der Waals surface area contributed by atoms with Crippen molar-refractivity contribution >= 4 is 34.4 Å². The van der Waals surface area contributed by atoms with E-state index < -0.39 is 51.6 Å². The van der Waals surface area contributed by atoms with E-state index in [0.29, 0.717) is 22.8 Å². The Labute approximate surface area is 237 Å². The number of nitrogens with zero attached hydrogens (tertiary/aromatic N) is 2. The first kappa shape index (κ1) is 29.0. The van der Waals surface area contributed by atoms with Gasteiger partial charge in [-0.05, 0) is 65.9 Å². The van der Waals surface area contributed by atoms with E-state index in [1.54, 1.807) is 7.05 Å². The van der Waals surface area contributed by atoms with Crippen LogP contribution < -0.4 is 10.1 Å². The number of carbonyl (C=O) groups is 1. The first-order valence-corrected chi connectivity index (χ1v) is 13.2. The van der Waals surface area contributed by atoms with Gasteiger partial charge in [-0.15, -0.1) is 11.8 Å². The third-order valence-electron chi connectivity index (χ3n) is 6.32. The monoisotopic (exact) mass is 605 g/mol. The normalized spacial score (nSPS) is 11.6. The van der Waals surface area contributed by atoms with Crippen LogP contribution in [0.25, 0.3) is 22.2 Å². The minimum absolute atomic E-state index is 0.0506. The summed E-state index contributed by atoms with van der Waals surface area (Å²) in [6.45, 7) is 0. The van der Waals surface area contributed by atoms with Gasteiger partial charge in [-0.2, -0.15) is 22.0 Å². The minimum atomic E-state index is -4.66. The van der Waals surface area contributed by atoms with Crippen molar-refractivity contribution in [2.75, 3.05) is 11.6 Å². The Bertz CT molecular complexity index is 1810. The number of benzene rings is 4. The first-order valence-electron chi connectivity index (χ1n) is 12.0. The van der Waals surface area contributed by atoms with E-state index in [-0.39, 0.29) is 28.1 Å². The summed E-state index contributed by atoms with van der Waals surface area (Å²) < 4.78 is 105. The zero-order valence-corrected chi connectivity index (χ0v) is 22.4. The lowest BCUT2D eigenvalue weighted by atomic mass is 9.98. The first-order chi connectivity index (χ1) is 19.9. The van der Waals surface area contributed by atoms with Crippen LogP contribution in [0.3, 0.4) is 0 Å². The van der Waals surface area contributed by atoms with Crippen LogP contribution in [0.2, 0.25) is 0 Å². The molecule has 1 heterocycles. The molecule has 5 rings (SSSR count). The molecule has 1 amide bonds. The third kappa shape index (κ3) is 5.39. The standard InChI is InChI=1S/C29H18F7N3O2S/c1-39-13-37-20-11-18(19(12-21(20)39)29(34,35)36)15-4-3-5-16(10-15)38-28(40)14-6-8-17(9-7-14)41-26-22(30)24(32)27(42-2)25(33)23(26)31/h3-13H,1-2H3,(H,38,40). The van der Waals surface area contributed by atoms with Gasteiger partial charge in [-0.3, -0.25) is 4.79 Å². The van der Waals surface area contributed by atoms with Crippen molar-refractivity contribution in [2.24, 2.45) is 7.05 Å². The number of ether oxygens (including phenoxy) is 1. The zero-order valence-electron chi connectivity index (χ0n) is 21.6. The van der Waals surface area contributed by atoms with Crippen molar-refractivity contribution in [1.29, 1.82) is 0 Å². The summed E-state index contributed by atoms with van der Waals surface area (Å²) in [4.78, 5) is 16.1. The van der Waals surface area contributed by atoms with Gasteiger partial charge in [-0.25, -0.2) is 13.8 Å². The minimum Gasteiger partial charge on any atom is -0.451 e. The lowest BCUT2D eigenvalue weighted by molar-refractivity contribution is -0.137. The van der Waals surface area contributed by atoms with E-state index in [0.717, 1.165) is 18.2 Å². The molecule has 0 radical (unpaired) electrons. The van der Waals surface area contributed by atoms with Crippen LogP contribution in [-0.2, 0) is 13.2 Å². The van der Waals surface area contributed by atoms with E-state index in [1.165, 1.54) is 59.6 Å². The van der Waals surface area contributed by atoms with Crippen LogP contribution in [0.5, 0.6) is 11.5 Å². The highest BCUT2D eigenvalue weighted by atomic mass is 32.2. The third-order valence-corrected chi connectivity index (χ3v) is 7.09. The fraction of sp³-hybridized carbons (Fsp3) is 0.103. The molecule has 13 heteroatoms. The molecule has 0 aliphatic heterocycles. The number of carbonyl (C=O) groups excluding carboxylic acids is 1. The average Bonchev–Trinajstić information content (AvgIpc) is 3.33. The Morgan fingerprint density at radius 1 is 0.929 bits per heavy atom. The van der Waals surface area contributed by atoms with Crippen molar-refractivity contribution in [3.8, 4) is 22.6 Å². The Hall–Kier alpha value is -4.52. The van der Waals surface area contributed by atoms with Gasteiger partial charge >= 0.3 is 6.18 Å². The van der Waals surface area contributed by atoms with Gasteiger partial charge in [0, 0.05) is 18.3 Å². The van der Waals surface area contributed by atoms with E-state index >= 15 is 0 Å². The van der Waals surface area contributed by atoms with Crippen LogP contribution in [0.15, 0.2) is 71.9 Å². The Kier molecular flexibility index (Phi) is 7.62. The number of aryl methyl sites for hydroxylation is 1. The summed E-state index contributed by atoms with van der Waals surface area (Å²) >= 11 is 0.490. The maximum absolute atomic E-state index is 14.3. The fourth-order valence-corrected chi connectivity index (χ4v) is 4.80. The van der Waals surface area contributed by atoms with Crippen LogP contribution >= 0.6 is 11.8 Å². The SMILES string of the molecule is CSc1c(F)c(F)c(Oc2ccc(C(=O)Nc3cccc(-c4cc5ncn(C)c5cc4C(F)(F)F)c3)cc2)c(F)c1F. The maximum Gasteiger partial charge on any atom is 0.417 e. The molecule has 5 nitrogen and oxygen atoms in total. The maximum atomic E-state index is 14.3. The van der Waals surface area contributed by atoms with Gasteiger partial charge in [-0.1, -0.05) is 12.1 Å². The number of amides is 1. The molecule has 42 heavy (non-hydrogen) atoms. The highest BCUT2D eigenvalue weighted by molar-refractivity contribution is 7.98. The summed E-state index contributed by atoms with van der Waals surface area (Å²) in [5, 5.41) is 2.58. The molecule has 0 saturated carbocycles. The molecule has 1 aromatic heterocycles. The van der Waals surface area contributed by atoms with Gasteiger partial charge < -0.3 is 14.6 Å². The number of alkyl halides is 3. The lowest BCUT2D eigenvalue weighted by Gasteiger charge is -2.15. The summed E-state index contributed by atoms with van der Waals surface area (Å²) in [6, 6.07) is 12.9. The molecule has 0 fully saturated rings. The van der Waals surface area contributed by atoms with Gasteiger partial charge in [0.1, 0.15) is 5.75 Å². The summed E-state index contributed by atoms with van der Waals surface area (Å²) in [5.41, 5.74) is 0.110. The molecule has 0 saturated heterocycles. The van der Waals surface area contributed by atoms with Gasteiger partial charge in [0.15, 0.2) is 11.6 Å². The van der Waals surface area contributed by atoms with Crippen molar-refractivity contribution in [2.45, 2.75) is 11.1 Å². The van der Waals surface area contributed by atoms with Crippen molar-refractivity contribution < 1.29 is 40.3 Å². The summed E-state index contributed by atoms with van der Waals surface area (Å²) in [5.74, 6) is -8.78. The van der Waals surface area contributed by atoms with Crippen molar-refractivity contribution in [1.82, 2.24) is 9.55 Å². The molecular formula is C29H18F7N3O2S. The average molecular weight is 606 g/mol. The van der Waals surface area contributed by atoms with Gasteiger partial charge in [0.25, 0.3) is 5.91 Å². The smallest absolute Gasteiger partial charge is 0.417 e. The number of anilines is 1. The number of imidazole rings is 1. The second kappa shape index (κ2) is 11.0. The van der Waals surface area contributed by atoms with Crippen molar-refractivity contribution in [3.05, 3.63) is 101 Å². The molecule has 0 unspecified atom stereocenters. The molecule has 1 N–H and O–H groups in total. The second-order valence-corrected chi connectivity index (χ2v) is 9.84. The predicted molar refractivity (Wildman–Crippen MR) is 144 cm³/mol. The second-order valence-electron chi connectivity index (χ2n) is 9.02. The summed E-state index contributed by atoms with van der Waals surface area (Å²) in [6.07, 6.45) is -1.99. The van der Waals surface area contributed by atoms with Crippen LogP contribution in [0.1, 0.15) is 15.9 Å². The number of rotatable bonds is 6. The van der Waals surface area contributed by atoms with E-state index in [1.807, 2.05) is 0 Å². The Balaban J connectivity index is 1.38. The zero-order chi connectivity index (χ0) is 30.3. The topological polar surface area (TPSA) is 56.1 Å². The lowest BCUT2D eigenvalue weighted by Crippen LogP contribution is -2.12. The molecule has 0 aliphatic carbocycles. The van der Waals surface area contributed by atoms with Crippen LogP contribution in [-0.4, -0.2) is 21.7 Å². The molecule has 5 aromatic rings. The Morgan fingerprint density at radius 3 is 2.21 bits per heavy atom. The largest absolute Gasteiger partial charge is 0.451 e. The van der Waals surface area contributed by atoms with E-state index in [9.17, 15) is 35.5 Å². The number of aromatic nitrogens is 2. The molecule has 0 aliphatic rings. The molecule has 0 bridgehead atoms. The van der Waals surface area contributed by atoms with Crippen molar-refractivity contribution in [3.63, 3.8) is 0 Å². The quantitative estimate of drug-likeness (QED) is 0.120. The number of hydrogen-bond acceptors (Lipinski definition) is 4. The molecule has 216 valence electrons. The van der Waals surface area contributed by atoms with Gasteiger partial charge in [0.05, 0.1) is 27.8 Å². The molecular weight excluding hydrogens is 587 g/mol. The van der Waals surface area contributed by atoms with Gasteiger partial charge in [0.2, 0.25) is 17.4 Å². The molecule has 0 spiro atoms. The molecule has 0 atom stereocenters. The fourth-order valence-electron chi connectivity index (χ4n) is 4.27. The van der Waals surface area contributed by atoms with Crippen LogP contribution in [0.4, 0.5) is 36.4 Å². The predicted octanol–water partition coefficient (Wildman–Crippen LogP) is 8.58. The molecule has 4 aromatic carbocycles. The number of thioether (sulfide) groups is 1. The summed E-state index contributed by atoms with van der Waals surface area (Å²) in [7, 11) is 1.59. The number of nitrogens with one attached hydrogen (secondary N) is 1.